The summed E-state index contributed by atoms with van der Waals surface area (Å²) in [6, 6.07) is 0. The monoisotopic (exact) mass is 537 g/mol. The summed E-state index contributed by atoms with van der Waals surface area (Å²) in [6.45, 7) is 8.09. The number of nitrogens with one attached hydrogen (secondary N) is 2. The average Bonchev–Trinajstić information content (AvgIpc) is 3.15. The number of guanidine groups is 2. The van der Waals surface area contributed by atoms with Crippen molar-refractivity contribution in [2.45, 2.75) is 89.2 Å². The molecule has 10 heteroatoms. The molecule has 2 aliphatic heterocycles. The predicted octanol–water partition coefficient (Wildman–Crippen LogP) is -1.00. The number of hydrogen-bond donors (Lipinski definition) is 7. The SMILES string of the molecule is C=CCCCCCCCCCCC1(O)C(SCC[NH+]=C(N)N)=CC2=[N+](CCCC[NH+]=C(N)N)CCCN21. The van der Waals surface area contributed by atoms with Crippen LogP contribution in [0.4, 0.5) is 0 Å². The van der Waals surface area contributed by atoms with Gasteiger partial charge in [-0.25, -0.2) is 4.90 Å². The van der Waals surface area contributed by atoms with Gasteiger partial charge in [0.1, 0.15) is 0 Å². The normalized spacial score (nSPS) is 18.9. The molecule has 37 heavy (non-hydrogen) atoms. The molecule has 0 saturated heterocycles. The van der Waals surface area contributed by atoms with E-state index in [9.17, 15) is 5.11 Å². The Morgan fingerprint density at radius 3 is 2.30 bits per heavy atom. The van der Waals surface area contributed by atoms with Gasteiger partial charge >= 0.3 is 11.9 Å². The summed E-state index contributed by atoms with van der Waals surface area (Å²) in [5.41, 5.74) is 21.2. The molecule has 1 unspecified atom stereocenters. The number of nitrogens with two attached hydrogens (primary N) is 4. The first-order valence-electron chi connectivity index (χ1n) is 14.2. The van der Waals surface area contributed by atoms with Crippen LogP contribution in [0.25, 0.3) is 0 Å². The van der Waals surface area contributed by atoms with E-state index in [0.717, 1.165) is 87.6 Å². The maximum absolute atomic E-state index is 12.0. The molecule has 11 N–H and O–H groups in total. The number of fused-ring (bicyclic) bond motifs is 1. The van der Waals surface area contributed by atoms with Crippen molar-refractivity contribution in [3.8, 4) is 0 Å². The van der Waals surface area contributed by atoms with Crippen LogP contribution in [0.15, 0.2) is 23.6 Å². The quantitative estimate of drug-likeness (QED) is 0.0345. The van der Waals surface area contributed by atoms with Crippen LogP contribution in [-0.2, 0) is 0 Å². The van der Waals surface area contributed by atoms with Crippen molar-refractivity contribution in [2.75, 3.05) is 38.5 Å². The van der Waals surface area contributed by atoms with Gasteiger partial charge in [0.25, 0.3) is 5.84 Å². The summed E-state index contributed by atoms with van der Waals surface area (Å²) in [4.78, 5) is 9.27. The van der Waals surface area contributed by atoms with Crippen molar-refractivity contribution < 1.29 is 19.7 Å². The number of rotatable bonds is 20. The fraction of sp³-hybridized carbons (Fsp3) is 0.741. The second-order valence-corrected chi connectivity index (χ2v) is 11.3. The van der Waals surface area contributed by atoms with Crippen molar-refractivity contribution in [3.05, 3.63) is 23.6 Å². The minimum atomic E-state index is -0.925. The van der Waals surface area contributed by atoms with Crippen LogP contribution in [0, 0.1) is 0 Å². The Morgan fingerprint density at radius 2 is 1.62 bits per heavy atom. The van der Waals surface area contributed by atoms with Gasteiger partial charge < -0.3 is 5.11 Å². The van der Waals surface area contributed by atoms with E-state index in [1.807, 2.05) is 6.08 Å². The first-order valence-corrected chi connectivity index (χ1v) is 15.2. The maximum Gasteiger partial charge on any atom is 0.338 e. The third-order valence-corrected chi connectivity index (χ3v) is 8.23. The summed E-state index contributed by atoms with van der Waals surface area (Å²) in [6.07, 6.45) is 19.1. The van der Waals surface area contributed by atoms with Crippen LogP contribution in [0.2, 0.25) is 0 Å². The Bertz CT molecular complexity index is 817. The number of allylic oxidation sites excluding steroid dienone is 1. The zero-order chi connectivity index (χ0) is 26.9. The molecule has 0 aromatic heterocycles. The third-order valence-electron chi connectivity index (χ3n) is 7.07. The highest BCUT2D eigenvalue weighted by molar-refractivity contribution is 8.03. The van der Waals surface area contributed by atoms with E-state index < -0.39 is 5.72 Å². The molecule has 0 amide bonds. The molecule has 2 rings (SSSR count). The van der Waals surface area contributed by atoms with Gasteiger partial charge in [0.2, 0.25) is 5.72 Å². The van der Waals surface area contributed by atoms with Crippen molar-refractivity contribution in [2.24, 2.45) is 22.9 Å². The number of thioether (sulfide) groups is 1. The second kappa shape index (κ2) is 17.3. The fourth-order valence-corrected chi connectivity index (χ4v) is 6.16. The van der Waals surface area contributed by atoms with E-state index >= 15 is 0 Å². The van der Waals surface area contributed by atoms with Crippen LogP contribution < -0.4 is 32.9 Å². The largest absolute Gasteiger partial charge is 0.349 e. The van der Waals surface area contributed by atoms with Gasteiger partial charge in [0, 0.05) is 24.7 Å². The standard InChI is InChI=1S/C27H51N8OS/c1-2-3-4-5-6-7-8-9-10-11-15-27(36)23(37-21-17-33-26(30)31)22-24-34(19-14-20-35(24)27)18-13-12-16-32-25(28)29/h2,22,36H,1,3-21H2,(H4,28,29,32)(H4,30,31,33)/q+1/p+2. The zero-order valence-electron chi connectivity index (χ0n) is 22.9. The topological polar surface area (TPSA) is 159 Å². The molecule has 0 aromatic rings. The fourth-order valence-electron chi connectivity index (χ4n) is 5.11. The van der Waals surface area contributed by atoms with Gasteiger partial charge in [-0.15, -0.1) is 18.3 Å². The highest BCUT2D eigenvalue weighted by Gasteiger charge is 2.52. The van der Waals surface area contributed by atoms with Crippen LogP contribution in [0.5, 0.6) is 0 Å². The Hall–Kier alpha value is -2.20. The molecule has 210 valence electrons. The molecule has 0 radical (unpaired) electrons. The van der Waals surface area contributed by atoms with Crippen LogP contribution >= 0.6 is 11.8 Å². The van der Waals surface area contributed by atoms with Crippen molar-refractivity contribution in [1.82, 2.24) is 4.90 Å². The lowest BCUT2D eigenvalue weighted by molar-refractivity contribution is -0.541. The molecule has 0 fully saturated rings. The summed E-state index contributed by atoms with van der Waals surface area (Å²) >= 11 is 1.70. The minimum absolute atomic E-state index is 0.235. The average molecular weight is 538 g/mol. The van der Waals surface area contributed by atoms with Gasteiger partial charge in [-0.2, -0.15) is 0 Å². The predicted molar refractivity (Wildman–Crippen MR) is 156 cm³/mol. The van der Waals surface area contributed by atoms with Gasteiger partial charge in [0.05, 0.1) is 37.6 Å². The molecular weight excluding hydrogens is 484 g/mol. The smallest absolute Gasteiger partial charge is 0.338 e. The first kappa shape index (κ1) is 31.0. The van der Waals surface area contributed by atoms with Gasteiger partial charge in [-0.1, -0.05) is 44.6 Å². The van der Waals surface area contributed by atoms with E-state index in [0.29, 0.717) is 6.54 Å². The molecule has 0 spiro atoms. The third kappa shape index (κ3) is 11.0. The Labute approximate surface area is 228 Å². The number of amidine groups is 1. The van der Waals surface area contributed by atoms with Gasteiger partial charge in [0.15, 0.2) is 0 Å². The van der Waals surface area contributed by atoms with Crippen molar-refractivity contribution >= 4 is 29.5 Å². The van der Waals surface area contributed by atoms with Crippen LogP contribution in [0.3, 0.4) is 0 Å². The van der Waals surface area contributed by atoms with Gasteiger partial charge in [-0.3, -0.25) is 37.5 Å². The van der Waals surface area contributed by atoms with Crippen LogP contribution in [-0.4, -0.2) is 76.5 Å². The summed E-state index contributed by atoms with van der Waals surface area (Å²) < 4.78 is 2.42. The van der Waals surface area contributed by atoms with E-state index in [4.69, 9.17) is 22.9 Å². The molecule has 9 nitrogen and oxygen atoms in total. The summed E-state index contributed by atoms with van der Waals surface area (Å²) in [7, 11) is 0. The lowest BCUT2D eigenvalue weighted by atomic mass is 10.0. The Morgan fingerprint density at radius 1 is 0.973 bits per heavy atom. The lowest BCUT2D eigenvalue weighted by Gasteiger charge is -2.34. The molecule has 0 saturated carbocycles. The molecular formula is C27H53N8OS+3. The number of hydrogen-bond acceptors (Lipinski definition) is 3. The maximum atomic E-state index is 12.0. The number of nitrogens with zero attached hydrogens (tertiary/aromatic N) is 2. The molecule has 2 aliphatic rings. The van der Waals surface area contributed by atoms with Crippen molar-refractivity contribution in [3.63, 3.8) is 0 Å². The minimum Gasteiger partial charge on any atom is -0.349 e. The lowest BCUT2D eigenvalue weighted by Crippen LogP contribution is -2.78. The van der Waals surface area contributed by atoms with E-state index in [-0.39, 0.29) is 11.9 Å². The molecule has 0 aliphatic carbocycles. The molecule has 0 aromatic carbocycles. The van der Waals surface area contributed by atoms with E-state index in [1.54, 1.807) is 11.8 Å². The van der Waals surface area contributed by atoms with Crippen molar-refractivity contribution in [1.29, 1.82) is 0 Å². The van der Waals surface area contributed by atoms with E-state index in [1.165, 1.54) is 38.5 Å². The highest BCUT2D eigenvalue weighted by atomic mass is 32.2. The molecule has 1 atom stereocenters. The highest BCUT2D eigenvalue weighted by Crippen LogP contribution is 2.41. The number of aliphatic hydroxyl groups is 1. The zero-order valence-corrected chi connectivity index (χ0v) is 23.7. The molecule has 2 heterocycles. The van der Waals surface area contributed by atoms with E-state index in [2.05, 4.69) is 32.1 Å². The Balaban J connectivity index is 1.95. The molecule has 0 bridgehead atoms. The second-order valence-electron chi connectivity index (χ2n) is 10.2. The first-order chi connectivity index (χ1) is 17.9. The van der Waals surface area contributed by atoms with Gasteiger partial charge in [-0.05, 0) is 32.1 Å². The number of unbranched alkanes of at least 4 members (excludes halogenated alkanes) is 9. The summed E-state index contributed by atoms with van der Waals surface area (Å²) in [5.74, 6) is 2.46. The summed E-state index contributed by atoms with van der Waals surface area (Å²) in [5, 5.41) is 12.0. The Kier molecular flexibility index (Phi) is 14.5. The van der Waals surface area contributed by atoms with Crippen LogP contribution in [0.1, 0.15) is 83.5 Å².